The Bertz CT molecular complexity index is 164. The van der Waals surface area contributed by atoms with E-state index in [0.29, 0.717) is 5.54 Å². The van der Waals surface area contributed by atoms with Gasteiger partial charge in [-0.3, -0.25) is 5.32 Å². The fourth-order valence-electron chi connectivity index (χ4n) is 2.53. The molecule has 0 radical (unpaired) electrons. The standard InChI is InChI=1S/C14H29NO/c1-3-5-7-8-9-11-14(10-6-4-2)12-16-13-15-14/h15H,3-13H2,1-2H3. The van der Waals surface area contributed by atoms with Gasteiger partial charge in [-0.25, -0.2) is 0 Å². The summed E-state index contributed by atoms with van der Waals surface area (Å²) in [7, 11) is 0. The Kier molecular flexibility index (Phi) is 7.06. The predicted octanol–water partition coefficient (Wildman–Crippen LogP) is 3.85. The van der Waals surface area contributed by atoms with Gasteiger partial charge in [0.15, 0.2) is 0 Å². The number of hydrogen-bond acceptors (Lipinski definition) is 2. The van der Waals surface area contributed by atoms with Crippen LogP contribution < -0.4 is 5.32 Å². The minimum absolute atomic E-state index is 0.322. The van der Waals surface area contributed by atoms with Crippen LogP contribution in [0.15, 0.2) is 0 Å². The van der Waals surface area contributed by atoms with Crippen LogP contribution in [0.1, 0.15) is 71.6 Å². The van der Waals surface area contributed by atoms with Gasteiger partial charge in [-0.1, -0.05) is 58.8 Å². The molecule has 1 N–H and O–H groups in total. The van der Waals surface area contributed by atoms with Gasteiger partial charge in [0.1, 0.15) is 0 Å². The van der Waals surface area contributed by atoms with Gasteiger partial charge in [0.2, 0.25) is 0 Å². The Hall–Kier alpha value is -0.0800. The first-order valence-electron chi connectivity index (χ1n) is 7.16. The second-order valence-corrected chi connectivity index (χ2v) is 5.22. The smallest absolute Gasteiger partial charge is 0.0971 e. The van der Waals surface area contributed by atoms with Gasteiger partial charge < -0.3 is 4.74 Å². The molecule has 0 amide bonds. The van der Waals surface area contributed by atoms with Crippen LogP contribution in [0.2, 0.25) is 0 Å². The van der Waals surface area contributed by atoms with Crippen molar-refractivity contribution in [2.45, 2.75) is 77.2 Å². The maximum Gasteiger partial charge on any atom is 0.0971 e. The van der Waals surface area contributed by atoms with Gasteiger partial charge in [-0.15, -0.1) is 0 Å². The molecular formula is C14H29NO. The van der Waals surface area contributed by atoms with Crippen LogP contribution in [-0.2, 0) is 4.74 Å². The third-order valence-corrected chi connectivity index (χ3v) is 3.70. The number of hydrogen-bond donors (Lipinski definition) is 1. The van der Waals surface area contributed by atoms with Crippen LogP contribution in [-0.4, -0.2) is 18.9 Å². The molecule has 1 rings (SSSR count). The third kappa shape index (κ3) is 4.84. The first-order valence-corrected chi connectivity index (χ1v) is 7.16. The molecule has 2 nitrogen and oxygen atoms in total. The molecule has 96 valence electrons. The van der Waals surface area contributed by atoms with Crippen molar-refractivity contribution in [3.8, 4) is 0 Å². The first kappa shape index (κ1) is 14.0. The van der Waals surface area contributed by atoms with E-state index in [1.807, 2.05) is 0 Å². The van der Waals surface area contributed by atoms with E-state index in [2.05, 4.69) is 19.2 Å². The summed E-state index contributed by atoms with van der Waals surface area (Å²) < 4.78 is 5.52. The Labute approximate surface area is 101 Å². The summed E-state index contributed by atoms with van der Waals surface area (Å²) in [6.07, 6.45) is 12.1. The summed E-state index contributed by atoms with van der Waals surface area (Å²) in [5.41, 5.74) is 0.322. The largest absolute Gasteiger partial charge is 0.364 e. The van der Waals surface area contributed by atoms with Crippen molar-refractivity contribution in [3.05, 3.63) is 0 Å². The molecule has 1 fully saturated rings. The SMILES string of the molecule is CCCCCCCC1(CCCC)COCN1. The quantitative estimate of drug-likeness (QED) is 0.604. The van der Waals surface area contributed by atoms with Gasteiger partial charge in [0, 0.05) is 5.54 Å². The Balaban J connectivity index is 2.17. The van der Waals surface area contributed by atoms with E-state index < -0.39 is 0 Å². The minimum atomic E-state index is 0.322. The van der Waals surface area contributed by atoms with Crippen molar-refractivity contribution < 1.29 is 4.74 Å². The average molecular weight is 227 g/mol. The Morgan fingerprint density at radius 3 is 2.25 bits per heavy atom. The molecular weight excluding hydrogens is 198 g/mol. The molecule has 0 spiro atoms. The van der Waals surface area contributed by atoms with E-state index in [1.54, 1.807) is 0 Å². The number of ether oxygens (including phenoxy) is 1. The minimum Gasteiger partial charge on any atom is -0.364 e. The van der Waals surface area contributed by atoms with E-state index in [0.717, 1.165) is 13.3 Å². The lowest BCUT2D eigenvalue weighted by atomic mass is 9.88. The fraction of sp³-hybridized carbons (Fsp3) is 1.00. The van der Waals surface area contributed by atoms with Crippen LogP contribution in [0.5, 0.6) is 0 Å². The highest BCUT2D eigenvalue weighted by Crippen LogP contribution is 2.25. The molecule has 2 heteroatoms. The van der Waals surface area contributed by atoms with Crippen molar-refractivity contribution >= 4 is 0 Å². The lowest BCUT2D eigenvalue weighted by Gasteiger charge is -2.27. The first-order chi connectivity index (χ1) is 7.83. The van der Waals surface area contributed by atoms with Crippen molar-refractivity contribution in [3.63, 3.8) is 0 Å². The molecule has 1 aliphatic heterocycles. The maximum atomic E-state index is 5.52. The second-order valence-electron chi connectivity index (χ2n) is 5.22. The molecule has 1 aliphatic rings. The van der Waals surface area contributed by atoms with E-state index in [1.165, 1.54) is 57.8 Å². The van der Waals surface area contributed by atoms with E-state index in [4.69, 9.17) is 4.74 Å². The number of rotatable bonds is 9. The molecule has 1 heterocycles. The topological polar surface area (TPSA) is 21.3 Å². The van der Waals surface area contributed by atoms with Crippen molar-refractivity contribution in [1.82, 2.24) is 5.32 Å². The van der Waals surface area contributed by atoms with E-state index in [-0.39, 0.29) is 0 Å². The molecule has 1 saturated heterocycles. The molecule has 0 aromatic carbocycles. The summed E-state index contributed by atoms with van der Waals surface area (Å²) in [4.78, 5) is 0. The number of unbranched alkanes of at least 4 members (excludes halogenated alkanes) is 5. The zero-order valence-electron chi connectivity index (χ0n) is 11.2. The highest BCUT2D eigenvalue weighted by atomic mass is 16.5. The van der Waals surface area contributed by atoms with E-state index >= 15 is 0 Å². The summed E-state index contributed by atoms with van der Waals surface area (Å²) in [5.74, 6) is 0. The lowest BCUT2D eigenvalue weighted by Crippen LogP contribution is -2.42. The van der Waals surface area contributed by atoms with Gasteiger partial charge >= 0.3 is 0 Å². The maximum absolute atomic E-state index is 5.52. The molecule has 0 bridgehead atoms. The average Bonchev–Trinajstić information content (AvgIpc) is 2.76. The fourth-order valence-corrected chi connectivity index (χ4v) is 2.53. The Morgan fingerprint density at radius 1 is 0.938 bits per heavy atom. The normalized spacial score (nSPS) is 25.1. The highest BCUT2D eigenvalue weighted by Gasteiger charge is 2.32. The van der Waals surface area contributed by atoms with Crippen molar-refractivity contribution in [2.75, 3.05) is 13.3 Å². The van der Waals surface area contributed by atoms with Crippen LogP contribution in [0.3, 0.4) is 0 Å². The molecule has 0 aliphatic carbocycles. The van der Waals surface area contributed by atoms with Crippen LogP contribution >= 0.6 is 0 Å². The lowest BCUT2D eigenvalue weighted by molar-refractivity contribution is 0.169. The van der Waals surface area contributed by atoms with Gasteiger partial charge in [0.05, 0.1) is 13.3 Å². The zero-order chi connectivity index (χ0) is 11.7. The molecule has 0 saturated carbocycles. The van der Waals surface area contributed by atoms with Crippen molar-refractivity contribution in [1.29, 1.82) is 0 Å². The molecule has 0 aromatic heterocycles. The summed E-state index contributed by atoms with van der Waals surface area (Å²) >= 11 is 0. The van der Waals surface area contributed by atoms with E-state index in [9.17, 15) is 0 Å². The molecule has 0 aromatic rings. The molecule has 16 heavy (non-hydrogen) atoms. The van der Waals surface area contributed by atoms with Gasteiger partial charge in [-0.05, 0) is 12.8 Å². The summed E-state index contributed by atoms with van der Waals surface area (Å²) in [6.45, 7) is 6.24. The van der Waals surface area contributed by atoms with Gasteiger partial charge in [0.25, 0.3) is 0 Å². The predicted molar refractivity (Wildman–Crippen MR) is 69.6 cm³/mol. The number of nitrogens with one attached hydrogen (secondary N) is 1. The summed E-state index contributed by atoms with van der Waals surface area (Å²) in [5, 5.41) is 3.57. The molecule has 1 unspecified atom stereocenters. The van der Waals surface area contributed by atoms with Crippen molar-refractivity contribution in [2.24, 2.45) is 0 Å². The highest BCUT2D eigenvalue weighted by molar-refractivity contribution is 4.90. The third-order valence-electron chi connectivity index (χ3n) is 3.70. The van der Waals surface area contributed by atoms with Gasteiger partial charge in [-0.2, -0.15) is 0 Å². The monoisotopic (exact) mass is 227 g/mol. The van der Waals surface area contributed by atoms with Crippen LogP contribution in [0, 0.1) is 0 Å². The van der Waals surface area contributed by atoms with Crippen LogP contribution in [0.4, 0.5) is 0 Å². The van der Waals surface area contributed by atoms with Crippen LogP contribution in [0.25, 0.3) is 0 Å². The molecule has 1 atom stereocenters. The zero-order valence-corrected chi connectivity index (χ0v) is 11.2. The second kappa shape index (κ2) is 8.08. The summed E-state index contributed by atoms with van der Waals surface area (Å²) in [6, 6.07) is 0. The Morgan fingerprint density at radius 2 is 1.62 bits per heavy atom.